The van der Waals surface area contributed by atoms with Crippen LogP contribution < -0.4 is 10.6 Å². The summed E-state index contributed by atoms with van der Waals surface area (Å²) in [5.74, 6) is 1.52. The summed E-state index contributed by atoms with van der Waals surface area (Å²) in [7, 11) is 1.82. The number of rotatable bonds is 3. The van der Waals surface area contributed by atoms with Crippen LogP contribution in [0.4, 0.5) is 17.3 Å². The van der Waals surface area contributed by atoms with Crippen molar-refractivity contribution >= 4 is 44.6 Å². The Kier molecular flexibility index (Phi) is 3.17. The van der Waals surface area contributed by atoms with E-state index in [1.165, 1.54) is 6.33 Å². The lowest BCUT2D eigenvalue weighted by molar-refractivity contribution is 1.14. The fourth-order valence-corrected chi connectivity index (χ4v) is 2.19. The number of aromatic nitrogens is 2. The lowest BCUT2D eigenvalue weighted by atomic mass is 10.4. The third-order valence-corrected chi connectivity index (χ3v) is 3.24. The van der Waals surface area contributed by atoms with Crippen LogP contribution in [0.25, 0.3) is 0 Å². The average Bonchev–Trinajstić information content (AvgIpc) is 2.74. The molecule has 0 aliphatic carbocycles. The van der Waals surface area contributed by atoms with Crippen LogP contribution in [0.2, 0.25) is 0 Å². The quantitative estimate of drug-likeness (QED) is 0.910. The standard InChI is InChI=1S/C9H9BrN4S/c1-11-8-7(10)9(13-5-12-8)14-6-2-3-15-4-6/h2-5H,1H3,(H2,11,12,13,14). The van der Waals surface area contributed by atoms with Gasteiger partial charge in [0.25, 0.3) is 0 Å². The van der Waals surface area contributed by atoms with Gasteiger partial charge in [-0.2, -0.15) is 11.3 Å². The second-order valence-corrected chi connectivity index (χ2v) is 4.34. The monoisotopic (exact) mass is 284 g/mol. The van der Waals surface area contributed by atoms with Gasteiger partial charge in [0.05, 0.1) is 5.69 Å². The minimum absolute atomic E-state index is 0.757. The van der Waals surface area contributed by atoms with Gasteiger partial charge in [-0.15, -0.1) is 0 Å². The molecule has 0 radical (unpaired) electrons. The van der Waals surface area contributed by atoms with Crippen LogP contribution in [-0.2, 0) is 0 Å². The Balaban J connectivity index is 2.29. The summed E-state index contributed by atoms with van der Waals surface area (Å²) in [6.07, 6.45) is 1.52. The summed E-state index contributed by atoms with van der Waals surface area (Å²) in [6.45, 7) is 0. The van der Waals surface area contributed by atoms with Crippen LogP contribution in [0, 0.1) is 0 Å². The number of halogens is 1. The van der Waals surface area contributed by atoms with Crippen LogP contribution in [-0.4, -0.2) is 17.0 Å². The highest BCUT2D eigenvalue weighted by Crippen LogP contribution is 2.28. The van der Waals surface area contributed by atoms with Crippen molar-refractivity contribution in [1.82, 2.24) is 9.97 Å². The molecule has 0 atom stereocenters. The minimum Gasteiger partial charge on any atom is -0.372 e. The molecule has 0 fully saturated rings. The van der Waals surface area contributed by atoms with Crippen LogP contribution in [0.5, 0.6) is 0 Å². The Morgan fingerprint density at radius 3 is 2.80 bits per heavy atom. The Bertz CT molecular complexity index is 443. The van der Waals surface area contributed by atoms with E-state index in [-0.39, 0.29) is 0 Å². The van der Waals surface area contributed by atoms with Crippen LogP contribution in [0.1, 0.15) is 0 Å². The fourth-order valence-electron chi connectivity index (χ4n) is 1.10. The van der Waals surface area contributed by atoms with E-state index in [1.54, 1.807) is 11.3 Å². The van der Waals surface area contributed by atoms with Gasteiger partial charge < -0.3 is 10.6 Å². The predicted octanol–water partition coefficient (Wildman–Crippen LogP) is 3.09. The van der Waals surface area contributed by atoms with Crippen LogP contribution in [0.15, 0.2) is 27.6 Å². The Hall–Kier alpha value is -1.14. The molecular weight excluding hydrogens is 276 g/mol. The summed E-state index contributed by atoms with van der Waals surface area (Å²) in [4.78, 5) is 8.24. The number of hydrogen-bond acceptors (Lipinski definition) is 5. The first-order valence-corrected chi connectivity index (χ1v) is 6.02. The topological polar surface area (TPSA) is 49.8 Å². The van der Waals surface area contributed by atoms with Gasteiger partial charge in [0, 0.05) is 12.4 Å². The van der Waals surface area contributed by atoms with E-state index in [4.69, 9.17) is 0 Å². The Morgan fingerprint density at radius 2 is 2.13 bits per heavy atom. The molecule has 2 aromatic heterocycles. The predicted molar refractivity (Wildman–Crippen MR) is 66.9 cm³/mol. The molecule has 0 saturated carbocycles. The van der Waals surface area contributed by atoms with E-state index in [1.807, 2.05) is 23.9 Å². The number of nitrogens with zero attached hydrogens (tertiary/aromatic N) is 2. The Labute approximate surface area is 99.9 Å². The zero-order chi connectivity index (χ0) is 10.7. The highest BCUT2D eigenvalue weighted by Gasteiger charge is 2.07. The molecule has 2 N–H and O–H groups in total. The second-order valence-electron chi connectivity index (χ2n) is 2.77. The van der Waals surface area contributed by atoms with Gasteiger partial charge in [-0.1, -0.05) is 0 Å². The largest absolute Gasteiger partial charge is 0.372 e. The number of anilines is 3. The van der Waals surface area contributed by atoms with E-state index in [2.05, 4.69) is 36.5 Å². The normalized spacial score (nSPS) is 10.0. The van der Waals surface area contributed by atoms with Gasteiger partial charge in [0.15, 0.2) is 0 Å². The van der Waals surface area contributed by atoms with Gasteiger partial charge >= 0.3 is 0 Å². The van der Waals surface area contributed by atoms with E-state index < -0.39 is 0 Å². The summed E-state index contributed by atoms with van der Waals surface area (Å²) >= 11 is 5.08. The molecule has 0 aliphatic rings. The molecule has 4 nitrogen and oxygen atoms in total. The first kappa shape index (κ1) is 10.4. The summed E-state index contributed by atoms with van der Waals surface area (Å²) < 4.78 is 0.832. The molecule has 6 heteroatoms. The van der Waals surface area contributed by atoms with Gasteiger partial charge in [-0.25, -0.2) is 9.97 Å². The molecule has 0 bridgehead atoms. The van der Waals surface area contributed by atoms with Gasteiger partial charge in [0.1, 0.15) is 22.4 Å². The molecule has 15 heavy (non-hydrogen) atoms. The maximum absolute atomic E-state index is 4.16. The van der Waals surface area contributed by atoms with Gasteiger partial charge in [-0.05, 0) is 27.4 Å². The van der Waals surface area contributed by atoms with E-state index in [0.717, 1.165) is 21.8 Å². The first-order valence-electron chi connectivity index (χ1n) is 4.28. The van der Waals surface area contributed by atoms with Crippen molar-refractivity contribution in [1.29, 1.82) is 0 Å². The maximum Gasteiger partial charge on any atom is 0.150 e. The van der Waals surface area contributed by atoms with Crippen molar-refractivity contribution in [2.24, 2.45) is 0 Å². The molecule has 0 aromatic carbocycles. The van der Waals surface area contributed by atoms with Crippen molar-refractivity contribution in [3.05, 3.63) is 27.6 Å². The zero-order valence-corrected chi connectivity index (χ0v) is 10.4. The highest BCUT2D eigenvalue weighted by molar-refractivity contribution is 9.10. The van der Waals surface area contributed by atoms with Crippen molar-refractivity contribution in [3.8, 4) is 0 Å². The van der Waals surface area contributed by atoms with E-state index >= 15 is 0 Å². The lowest BCUT2D eigenvalue weighted by Crippen LogP contribution is -1.99. The van der Waals surface area contributed by atoms with Gasteiger partial charge in [-0.3, -0.25) is 0 Å². The smallest absolute Gasteiger partial charge is 0.150 e. The van der Waals surface area contributed by atoms with E-state index in [9.17, 15) is 0 Å². The van der Waals surface area contributed by atoms with E-state index in [0.29, 0.717) is 0 Å². The lowest BCUT2D eigenvalue weighted by Gasteiger charge is -2.08. The summed E-state index contributed by atoms with van der Waals surface area (Å²) in [6, 6.07) is 2.00. The number of nitrogens with one attached hydrogen (secondary N) is 2. The molecule has 0 aliphatic heterocycles. The maximum atomic E-state index is 4.16. The molecule has 0 spiro atoms. The highest BCUT2D eigenvalue weighted by atomic mass is 79.9. The summed E-state index contributed by atoms with van der Waals surface area (Å²) in [5, 5.41) is 10.2. The molecule has 2 heterocycles. The molecule has 0 saturated heterocycles. The molecule has 2 aromatic rings. The van der Waals surface area contributed by atoms with Crippen molar-refractivity contribution in [3.63, 3.8) is 0 Å². The Morgan fingerprint density at radius 1 is 1.33 bits per heavy atom. The fraction of sp³-hybridized carbons (Fsp3) is 0.111. The second kappa shape index (κ2) is 4.59. The molecule has 2 rings (SSSR count). The zero-order valence-electron chi connectivity index (χ0n) is 7.99. The van der Waals surface area contributed by atoms with Gasteiger partial charge in [0.2, 0.25) is 0 Å². The van der Waals surface area contributed by atoms with Crippen LogP contribution in [0.3, 0.4) is 0 Å². The third kappa shape index (κ3) is 2.27. The summed E-state index contributed by atoms with van der Waals surface area (Å²) in [5.41, 5.74) is 1.03. The number of hydrogen-bond donors (Lipinski definition) is 2. The molecule has 0 unspecified atom stereocenters. The molecule has 0 amide bonds. The average molecular weight is 285 g/mol. The first-order chi connectivity index (χ1) is 7.31. The van der Waals surface area contributed by atoms with Crippen molar-refractivity contribution < 1.29 is 0 Å². The van der Waals surface area contributed by atoms with Crippen molar-refractivity contribution in [2.45, 2.75) is 0 Å². The van der Waals surface area contributed by atoms with Crippen molar-refractivity contribution in [2.75, 3.05) is 17.7 Å². The molecular formula is C9H9BrN4S. The minimum atomic E-state index is 0.757. The SMILES string of the molecule is CNc1ncnc(Nc2ccsc2)c1Br. The number of thiophene rings is 1. The third-order valence-electron chi connectivity index (χ3n) is 1.81. The van der Waals surface area contributed by atoms with Crippen LogP contribution >= 0.6 is 27.3 Å². The molecule has 78 valence electrons.